The summed E-state index contributed by atoms with van der Waals surface area (Å²) >= 11 is 0. The van der Waals surface area contributed by atoms with Crippen LogP contribution in [0.2, 0.25) is 0 Å². The first-order chi connectivity index (χ1) is 9.70. The zero-order valence-electron chi connectivity index (χ0n) is 14.1. The van der Waals surface area contributed by atoms with Crippen molar-refractivity contribution in [3.05, 3.63) is 0 Å². The number of hydrogen-bond acceptors (Lipinski definition) is 2. The first-order valence-corrected chi connectivity index (χ1v) is 9.22. The molecule has 0 aromatic rings. The molecule has 0 aromatic heterocycles. The third kappa shape index (κ3) is 4.73. The van der Waals surface area contributed by atoms with E-state index in [0.29, 0.717) is 0 Å². The molecule has 2 aliphatic rings. The second-order valence-corrected chi connectivity index (χ2v) is 7.49. The van der Waals surface area contributed by atoms with Gasteiger partial charge in [0.1, 0.15) is 0 Å². The molecule has 0 N–H and O–H groups in total. The summed E-state index contributed by atoms with van der Waals surface area (Å²) in [4.78, 5) is 0. The molecule has 2 atom stereocenters. The topological polar surface area (TPSA) is 6.48 Å². The number of unbranched alkanes of at least 4 members (excludes halogenated alkanes) is 1. The molecule has 2 rings (SSSR count). The van der Waals surface area contributed by atoms with Crippen LogP contribution < -0.4 is 0 Å². The van der Waals surface area contributed by atoms with E-state index in [-0.39, 0.29) is 0 Å². The molecule has 2 unspecified atom stereocenters. The van der Waals surface area contributed by atoms with E-state index < -0.39 is 0 Å². The quantitative estimate of drug-likeness (QED) is 0.635. The molecule has 2 heterocycles. The fourth-order valence-electron chi connectivity index (χ4n) is 4.02. The van der Waals surface area contributed by atoms with Crippen molar-refractivity contribution in [2.45, 2.75) is 84.6 Å². The highest BCUT2D eigenvalue weighted by Gasteiger charge is 2.33. The minimum Gasteiger partial charge on any atom is -0.241 e. The Kier molecular flexibility index (Phi) is 6.83. The SMILES string of the molecule is CCCCC1CCN(N2CCCC2CCCC(C)C)C1. The first kappa shape index (κ1) is 16.3. The molecule has 118 valence electrons. The average molecular weight is 280 g/mol. The summed E-state index contributed by atoms with van der Waals surface area (Å²) in [7, 11) is 0. The summed E-state index contributed by atoms with van der Waals surface area (Å²) in [5.41, 5.74) is 0. The molecule has 0 spiro atoms. The summed E-state index contributed by atoms with van der Waals surface area (Å²) in [6, 6.07) is 0.860. The highest BCUT2D eigenvalue weighted by Crippen LogP contribution is 2.30. The maximum Gasteiger partial charge on any atom is 0.0246 e. The van der Waals surface area contributed by atoms with Crippen molar-refractivity contribution in [2.24, 2.45) is 11.8 Å². The lowest BCUT2D eigenvalue weighted by molar-refractivity contribution is -0.0222. The van der Waals surface area contributed by atoms with Gasteiger partial charge in [-0.05, 0) is 43.9 Å². The summed E-state index contributed by atoms with van der Waals surface area (Å²) in [5.74, 6) is 1.85. The third-order valence-electron chi connectivity index (χ3n) is 5.26. The standard InChI is InChI=1S/C18H36N2/c1-4-5-9-17-12-14-19(15-17)20-13-7-11-18(20)10-6-8-16(2)3/h16-18H,4-15H2,1-3H3. The van der Waals surface area contributed by atoms with Crippen LogP contribution in [0.5, 0.6) is 0 Å². The van der Waals surface area contributed by atoms with Gasteiger partial charge in [-0.2, -0.15) is 0 Å². The zero-order chi connectivity index (χ0) is 14.4. The van der Waals surface area contributed by atoms with Gasteiger partial charge in [-0.1, -0.05) is 46.5 Å². The van der Waals surface area contributed by atoms with Crippen molar-refractivity contribution in [3.63, 3.8) is 0 Å². The molecule has 0 radical (unpaired) electrons. The normalized spacial score (nSPS) is 28.8. The van der Waals surface area contributed by atoms with Crippen LogP contribution in [-0.4, -0.2) is 35.7 Å². The molecule has 0 aliphatic carbocycles. The van der Waals surface area contributed by atoms with Crippen LogP contribution in [0.25, 0.3) is 0 Å². The molecule has 2 aliphatic heterocycles. The molecule has 2 nitrogen and oxygen atoms in total. The highest BCUT2D eigenvalue weighted by molar-refractivity contribution is 4.82. The zero-order valence-corrected chi connectivity index (χ0v) is 14.1. The molecule has 0 aromatic carbocycles. The van der Waals surface area contributed by atoms with Crippen molar-refractivity contribution in [1.82, 2.24) is 10.0 Å². The molecule has 0 bridgehead atoms. The predicted molar refractivity (Wildman–Crippen MR) is 87.6 cm³/mol. The van der Waals surface area contributed by atoms with Gasteiger partial charge in [0.05, 0.1) is 0 Å². The summed E-state index contributed by atoms with van der Waals surface area (Å²) in [6.45, 7) is 11.0. The van der Waals surface area contributed by atoms with E-state index in [1.54, 1.807) is 0 Å². The predicted octanol–water partition coefficient (Wildman–Crippen LogP) is 4.70. The lowest BCUT2D eigenvalue weighted by atomic mass is 10.0. The van der Waals surface area contributed by atoms with E-state index in [9.17, 15) is 0 Å². The first-order valence-electron chi connectivity index (χ1n) is 9.22. The summed E-state index contributed by atoms with van der Waals surface area (Å²) in [5, 5.41) is 5.47. The Hall–Kier alpha value is -0.0800. The molecule has 20 heavy (non-hydrogen) atoms. The van der Waals surface area contributed by atoms with Gasteiger partial charge in [-0.3, -0.25) is 0 Å². The summed E-state index contributed by atoms with van der Waals surface area (Å²) in [6.07, 6.45) is 12.8. The molecule has 2 saturated heterocycles. The molecule has 2 heteroatoms. The van der Waals surface area contributed by atoms with Crippen LogP contribution in [-0.2, 0) is 0 Å². The smallest absolute Gasteiger partial charge is 0.0246 e. The second-order valence-electron chi connectivity index (χ2n) is 7.49. The second kappa shape index (κ2) is 8.38. The largest absolute Gasteiger partial charge is 0.241 e. The van der Waals surface area contributed by atoms with Crippen molar-refractivity contribution in [3.8, 4) is 0 Å². The fourth-order valence-corrected chi connectivity index (χ4v) is 4.02. The van der Waals surface area contributed by atoms with Crippen LogP contribution in [0.1, 0.15) is 78.6 Å². The van der Waals surface area contributed by atoms with Gasteiger partial charge in [0.15, 0.2) is 0 Å². The van der Waals surface area contributed by atoms with Crippen LogP contribution in [0.4, 0.5) is 0 Å². The summed E-state index contributed by atoms with van der Waals surface area (Å²) < 4.78 is 0. The minimum atomic E-state index is 0.860. The minimum absolute atomic E-state index is 0.860. The van der Waals surface area contributed by atoms with Gasteiger partial charge in [0, 0.05) is 25.7 Å². The lowest BCUT2D eigenvalue weighted by Gasteiger charge is -2.33. The van der Waals surface area contributed by atoms with Gasteiger partial charge in [-0.15, -0.1) is 0 Å². The maximum absolute atomic E-state index is 2.76. The van der Waals surface area contributed by atoms with E-state index in [4.69, 9.17) is 0 Å². The van der Waals surface area contributed by atoms with Crippen molar-refractivity contribution < 1.29 is 0 Å². The fraction of sp³-hybridized carbons (Fsp3) is 1.00. The highest BCUT2D eigenvalue weighted by atomic mass is 15.6. The Bertz CT molecular complexity index is 264. The number of hydrazine groups is 1. The van der Waals surface area contributed by atoms with Crippen LogP contribution in [0, 0.1) is 11.8 Å². The van der Waals surface area contributed by atoms with E-state index >= 15 is 0 Å². The Labute approximate surface area is 126 Å². The lowest BCUT2D eigenvalue weighted by Crippen LogP contribution is -2.44. The van der Waals surface area contributed by atoms with Crippen LogP contribution in [0.3, 0.4) is 0 Å². The monoisotopic (exact) mass is 280 g/mol. The number of nitrogens with zero attached hydrogens (tertiary/aromatic N) is 2. The van der Waals surface area contributed by atoms with Gasteiger partial charge in [0.25, 0.3) is 0 Å². The van der Waals surface area contributed by atoms with Crippen LogP contribution >= 0.6 is 0 Å². The molecular weight excluding hydrogens is 244 g/mol. The van der Waals surface area contributed by atoms with E-state index in [0.717, 1.165) is 17.9 Å². The van der Waals surface area contributed by atoms with Crippen molar-refractivity contribution in [1.29, 1.82) is 0 Å². The molecule has 2 fully saturated rings. The Balaban J connectivity index is 1.73. The van der Waals surface area contributed by atoms with E-state index in [1.807, 2.05) is 0 Å². The average Bonchev–Trinajstić information content (AvgIpc) is 3.04. The van der Waals surface area contributed by atoms with Gasteiger partial charge in [-0.25, -0.2) is 10.0 Å². The Morgan fingerprint density at radius 2 is 1.90 bits per heavy atom. The van der Waals surface area contributed by atoms with Crippen molar-refractivity contribution in [2.75, 3.05) is 19.6 Å². The Morgan fingerprint density at radius 1 is 1.05 bits per heavy atom. The number of rotatable bonds is 8. The molecule has 0 saturated carbocycles. The van der Waals surface area contributed by atoms with Crippen molar-refractivity contribution >= 4 is 0 Å². The maximum atomic E-state index is 2.76. The van der Waals surface area contributed by atoms with Gasteiger partial charge in [0.2, 0.25) is 0 Å². The number of hydrogen-bond donors (Lipinski definition) is 0. The van der Waals surface area contributed by atoms with Crippen LogP contribution in [0.15, 0.2) is 0 Å². The van der Waals surface area contributed by atoms with E-state index in [2.05, 4.69) is 30.8 Å². The molecule has 0 amide bonds. The molecular formula is C18H36N2. The van der Waals surface area contributed by atoms with E-state index in [1.165, 1.54) is 77.4 Å². The Morgan fingerprint density at radius 3 is 2.65 bits per heavy atom. The third-order valence-corrected chi connectivity index (χ3v) is 5.26. The van der Waals surface area contributed by atoms with Gasteiger partial charge < -0.3 is 0 Å². The van der Waals surface area contributed by atoms with Gasteiger partial charge >= 0.3 is 0 Å².